The summed E-state index contributed by atoms with van der Waals surface area (Å²) in [6.45, 7) is 7.74. The van der Waals surface area contributed by atoms with Crippen LogP contribution in [-0.4, -0.2) is 50.3 Å². The van der Waals surface area contributed by atoms with Crippen LogP contribution in [-0.2, 0) is 0 Å². The van der Waals surface area contributed by atoms with Gasteiger partial charge in [-0.3, -0.25) is 0 Å². The maximum atomic E-state index is 6.26. The third kappa shape index (κ3) is 5.77. The lowest BCUT2D eigenvalue weighted by atomic mass is 10.1. The summed E-state index contributed by atoms with van der Waals surface area (Å²) in [7, 11) is 3.28. The molecule has 120 valence electrons. The van der Waals surface area contributed by atoms with E-state index in [1.54, 1.807) is 14.2 Å². The Morgan fingerprint density at radius 2 is 1.81 bits per heavy atom. The Kier molecular flexibility index (Phi) is 8.57. The summed E-state index contributed by atoms with van der Waals surface area (Å²) in [4.78, 5) is 2.43. The quantitative estimate of drug-likeness (QED) is 0.673. The van der Waals surface area contributed by atoms with Gasteiger partial charge in [-0.1, -0.05) is 19.9 Å². The van der Waals surface area contributed by atoms with E-state index in [-0.39, 0.29) is 6.04 Å². The number of thioether (sulfide) groups is 1. The number of hydrogen-bond donors (Lipinski definition) is 1. The third-order valence-electron chi connectivity index (χ3n) is 3.58. The first-order valence-corrected chi connectivity index (χ1v) is 8.59. The second kappa shape index (κ2) is 9.92. The van der Waals surface area contributed by atoms with E-state index in [0.717, 1.165) is 48.2 Å². The minimum atomic E-state index is 0.0199. The smallest absolute Gasteiger partial charge is 0.161 e. The van der Waals surface area contributed by atoms with Crippen molar-refractivity contribution in [1.82, 2.24) is 4.90 Å². The van der Waals surface area contributed by atoms with Gasteiger partial charge >= 0.3 is 0 Å². The van der Waals surface area contributed by atoms with Crippen molar-refractivity contribution in [3.63, 3.8) is 0 Å². The molecule has 0 aliphatic rings. The molecule has 0 heterocycles. The Bertz CT molecular complexity index is 411. The molecule has 0 saturated heterocycles. The number of nitrogens with zero attached hydrogens (tertiary/aromatic N) is 1. The molecule has 0 fully saturated rings. The second-order valence-corrected chi connectivity index (χ2v) is 5.97. The first kappa shape index (κ1) is 18.1. The highest BCUT2D eigenvalue weighted by Gasteiger charge is 2.11. The number of ether oxygens (including phenoxy) is 2. The van der Waals surface area contributed by atoms with Crippen LogP contribution >= 0.6 is 11.8 Å². The highest BCUT2D eigenvalue weighted by Crippen LogP contribution is 2.30. The van der Waals surface area contributed by atoms with Gasteiger partial charge < -0.3 is 20.1 Å². The number of methoxy groups -OCH3 is 2. The first-order chi connectivity index (χ1) is 10.2. The summed E-state index contributed by atoms with van der Waals surface area (Å²) >= 11 is 1.90. The zero-order valence-corrected chi connectivity index (χ0v) is 14.4. The largest absolute Gasteiger partial charge is 0.493 e. The van der Waals surface area contributed by atoms with Gasteiger partial charge in [-0.15, -0.1) is 0 Å². The van der Waals surface area contributed by atoms with Gasteiger partial charge in [-0.25, -0.2) is 0 Å². The third-order valence-corrected chi connectivity index (χ3v) is 4.65. The highest BCUT2D eigenvalue weighted by molar-refractivity contribution is 7.99. The number of nitrogens with two attached hydrogens (primary N) is 1. The Labute approximate surface area is 133 Å². The van der Waals surface area contributed by atoms with E-state index in [4.69, 9.17) is 15.2 Å². The lowest BCUT2D eigenvalue weighted by molar-refractivity contribution is 0.324. The number of benzene rings is 1. The van der Waals surface area contributed by atoms with Crippen LogP contribution in [0, 0.1) is 0 Å². The molecule has 2 N–H and O–H groups in total. The maximum Gasteiger partial charge on any atom is 0.161 e. The minimum Gasteiger partial charge on any atom is -0.493 e. The summed E-state index contributed by atoms with van der Waals surface area (Å²) in [6, 6.07) is 5.91. The van der Waals surface area contributed by atoms with Crippen molar-refractivity contribution in [2.45, 2.75) is 19.9 Å². The molecular formula is C16H28N2O2S. The van der Waals surface area contributed by atoms with Gasteiger partial charge in [0.2, 0.25) is 0 Å². The second-order valence-electron chi connectivity index (χ2n) is 4.82. The molecule has 0 aromatic heterocycles. The summed E-state index contributed by atoms with van der Waals surface area (Å²) in [6.07, 6.45) is 0. The van der Waals surface area contributed by atoms with Crippen molar-refractivity contribution >= 4 is 11.8 Å². The van der Waals surface area contributed by atoms with Crippen molar-refractivity contribution < 1.29 is 9.47 Å². The zero-order chi connectivity index (χ0) is 15.7. The van der Waals surface area contributed by atoms with Crippen LogP contribution < -0.4 is 15.2 Å². The van der Waals surface area contributed by atoms with Crippen LogP contribution in [0.25, 0.3) is 0 Å². The summed E-state index contributed by atoms with van der Waals surface area (Å²) in [5.74, 6) is 3.50. The standard InChI is InChI=1S/C16H28N2O2S/c1-5-18(6-2)9-10-21-12-14(17)13-7-8-15(19-3)16(11-13)20-4/h7-8,11,14H,5-6,9-10,12,17H2,1-4H3. The molecule has 4 nitrogen and oxygen atoms in total. The van der Waals surface area contributed by atoms with Crippen molar-refractivity contribution in [2.75, 3.05) is 45.4 Å². The molecule has 1 unspecified atom stereocenters. The average Bonchev–Trinajstić information content (AvgIpc) is 2.54. The Morgan fingerprint density at radius 3 is 2.38 bits per heavy atom. The molecule has 1 aromatic rings. The van der Waals surface area contributed by atoms with Gasteiger partial charge in [-0.2, -0.15) is 11.8 Å². The Hall–Kier alpha value is -0.910. The van der Waals surface area contributed by atoms with E-state index in [1.165, 1.54) is 0 Å². The molecule has 0 spiro atoms. The predicted octanol–water partition coefficient (Wildman–Crippen LogP) is 2.78. The summed E-state index contributed by atoms with van der Waals surface area (Å²) in [5, 5.41) is 0. The van der Waals surface area contributed by atoms with Crippen LogP contribution in [0.15, 0.2) is 18.2 Å². The first-order valence-electron chi connectivity index (χ1n) is 7.43. The molecule has 1 aromatic carbocycles. The van der Waals surface area contributed by atoms with Crippen molar-refractivity contribution in [2.24, 2.45) is 5.73 Å². The van der Waals surface area contributed by atoms with Crippen LogP contribution in [0.2, 0.25) is 0 Å². The van der Waals surface area contributed by atoms with Crippen LogP contribution in [0.4, 0.5) is 0 Å². The molecule has 5 heteroatoms. The van der Waals surface area contributed by atoms with E-state index in [0.29, 0.717) is 0 Å². The SMILES string of the molecule is CCN(CC)CCSCC(N)c1ccc(OC)c(OC)c1. The van der Waals surface area contributed by atoms with E-state index in [1.807, 2.05) is 30.0 Å². The molecule has 0 aliphatic carbocycles. The molecule has 0 bridgehead atoms. The Morgan fingerprint density at radius 1 is 1.14 bits per heavy atom. The fourth-order valence-electron chi connectivity index (χ4n) is 2.12. The van der Waals surface area contributed by atoms with E-state index in [9.17, 15) is 0 Å². The van der Waals surface area contributed by atoms with Gasteiger partial charge in [0.15, 0.2) is 11.5 Å². The maximum absolute atomic E-state index is 6.26. The van der Waals surface area contributed by atoms with Gasteiger partial charge in [0.25, 0.3) is 0 Å². The lowest BCUT2D eigenvalue weighted by Crippen LogP contribution is -2.25. The molecule has 0 aliphatic heterocycles. The molecule has 1 rings (SSSR count). The normalized spacial score (nSPS) is 12.5. The van der Waals surface area contributed by atoms with Crippen LogP contribution in [0.3, 0.4) is 0 Å². The molecule has 0 radical (unpaired) electrons. The molecule has 0 amide bonds. The molecule has 0 saturated carbocycles. The van der Waals surface area contributed by atoms with Crippen LogP contribution in [0.5, 0.6) is 11.5 Å². The molecule has 1 atom stereocenters. The van der Waals surface area contributed by atoms with E-state index in [2.05, 4.69) is 18.7 Å². The van der Waals surface area contributed by atoms with Gasteiger partial charge in [0.1, 0.15) is 0 Å². The fraction of sp³-hybridized carbons (Fsp3) is 0.625. The average molecular weight is 312 g/mol. The summed E-state index contributed by atoms with van der Waals surface area (Å²) < 4.78 is 10.6. The topological polar surface area (TPSA) is 47.7 Å². The minimum absolute atomic E-state index is 0.0199. The lowest BCUT2D eigenvalue weighted by Gasteiger charge is -2.18. The van der Waals surface area contributed by atoms with E-state index < -0.39 is 0 Å². The highest BCUT2D eigenvalue weighted by atomic mass is 32.2. The molecule has 21 heavy (non-hydrogen) atoms. The monoisotopic (exact) mass is 312 g/mol. The van der Waals surface area contributed by atoms with Crippen molar-refractivity contribution in [3.8, 4) is 11.5 Å². The zero-order valence-electron chi connectivity index (χ0n) is 13.6. The van der Waals surface area contributed by atoms with Gasteiger partial charge in [0, 0.05) is 24.1 Å². The van der Waals surface area contributed by atoms with Gasteiger partial charge in [-0.05, 0) is 30.8 Å². The van der Waals surface area contributed by atoms with E-state index >= 15 is 0 Å². The fourth-order valence-corrected chi connectivity index (χ4v) is 3.12. The van der Waals surface area contributed by atoms with Gasteiger partial charge in [0.05, 0.1) is 14.2 Å². The van der Waals surface area contributed by atoms with Crippen molar-refractivity contribution in [1.29, 1.82) is 0 Å². The van der Waals surface area contributed by atoms with Crippen molar-refractivity contribution in [3.05, 3.63) is 23.8 Å². The number of rotatable bonds is 10. The predicted molar refractivity (Wildman–Crippen MR) is 91.6 cm³/mol. The molecular weight excluding hydrogens is 284 g/mol. The van der Waals surface area contributed by atoms with Crippen LogP contribution in [0.1, 0.15) is 25.5 Å². The number of hydrogen-bond acceptors (Lipinski definition) is 5. The Balaban J connectivity index is 2.46. The summed E-state index contributed by atoms with van der Waals surface area (Å²) in [5.41, 5.74) is 7.35.